The van der Waals surface area contributed by atoms with Gasteiger partial charge in [-0.1, -0.05) is 85.8 Å². The largest absolute Gasteiger partial charge is 0.232 e. The van der Waals surface area contributed by atoms with E-state index in [9.17, 15) is 10.5 Å². The van der Waals surface area contributed by atoms with Crippen molar-refractivity contribution in [1.82, 2.24) is 9.97 Å². The zero-order valence-electron chi connectivity index (χ0n) is 16.8. The molecule has 5 rings (SSSR count). The highest BCUT2D eigenvalue weighted by atomic mass is 14.8. The van der Waals surface area contributed by atoms with E-state index in [0.29, 0.717) is 11.0 Å². The topological polar surface area (TPSA) is 73.4 Å². The molecule has 0 spiro atoms. The number of benzene rings is 4. The van der Waals surface area contributed by atoms with Crippen LogP contribution in [0.4, 0.5) is 0 Å². The maximum atomic E-state index is 9.61. The molecule has 4 aromatic carbocycles. The molecule has 0 saturated carbocycles. The monoisotopic (exact) mass is 412 g/mol. The molecule has 152 valence electrons. The first-order valence-corrected chi connectivity index (χ1v) is 9.90. The minimum atomic E-state index is 0. The predicted molar refractivity (Wildman–Crippen MR) is 129 cm³/mol. The fourth-order valence-corrected chi connectivity index (χ4v) is 4.07. The number of hydrogen-bond acceptors (Lipinski definition) is 4. The second-order valence-electron chi connectivity index (χ2n) is 7.37. The van der Waals surface area contributed by atoms with Crippen LogP contribution in [0.5, 0.6) is 0 Å². The fourth-order valence-electron chi connectivity index (χ4n) is 4.07. The van der Waals surface area contributed by atoms with Crippen LogP contribution >= 0.6 is 0 Å². The van der Waals surface area contributed by atoms with Crippen LogP contribution in [0.25, 0.3) is 44.1 Å². The van der Waals surface area contributed by atoms with Crippen LogP contribution in [0.2, 0.25) is 0 Å². The van der Waals surface area contributed by atoms with Crippen molar-refractivity contribution < 1.29 is 0 Å². The molecule has 0 radical (unpaired) electrons. The van der Waals surface area contributed by atoms with Gasteiger partial charge in [-0.15, -0.1) is 0 Å². The van der Waals surface area contributed by atoms with E-state index < -0.39 is 0 Å². The molecule has 0 amide bonds. The molecule has 1 aromatic heterocycles. The average Bonchev–Trinajstić information content (AvgIpc) is 2.83. The fraction of sp³-hybridized carbons (Fsp3) is 0.0714. The summed E-state index contributed by atoms with van der Waals surface area (Å²) in [5.41, 5.74) is 6.42. The Morgan fingerprint density at radius 2 is 1.16 bits per heavy atom. The molecule has 4 heteroatoms. The summed E-state index contributed by atoms with van der Waals surface area (Å²) in [6.07, 6.45) is 0. The van der Waals surface area contributed by atoms with Gasteiger partial charge in [0.25, 0.3) is 0 Å². The van der Waals surface area contributed by atoms with Gasteiger partial charge in [0.2, 0.25) is 0 Å². The molecule has 4 nitrogen and oxygen atoms in total. The van der Waals surface area contributed by atoms with E-state index in [4.69, 9.17) is 0 Å². The molecule has 0 aliphatic carbocycles. The Hall–Kier alpha value is -4.54. The Balaban J connectivity index is 0.00000245. The molecule has 0 aliphatic heterocycles. The van der Waals surface area contributed by atoms with Crippen LogP contribution in [-0.4, -0.2) is 9.97 Å². The van der Waals surface area contributed by atoms with Crippen molar-refractivity contribution in [2.45, 2.75) is 14.4 Å². The van der Waals surface area contributed by atoms with Crippen molar-refractivity contribution in [3.63, 3.8) is 0 Å². The number of aryl methyl sites for hydroxylation is 1. The lowest BCUT2D eigenvalue weighted by molar-refractivity contribution is 1.20. The lowest BCUT2D eigenvalue weighted by Gasteiger charge is -2.18. The summed E-state index contributed by atoms with van der Waals surface area (Å²) < 4.78 is 0. The average molecular weight is 412 g/mol. The normalized spacial score (nSPS) is 10.3. The lowest BCUT2D eigenvalue weighted by atomic mass is 9.87. The van der Waals surface area contributed by atoms with E-state index in [0.717, 1.165) is 38.6 Å². The van der Waals surface area contributed by atoms with Crippen LogP contribution in [0.1, 0.15) is 24.4 Å². The molecule has 32 heavy (non-hydrogen) atoms. The summed E-state index contributed by atoms with van der Waals surface area (Å²) in [4.78, 5) is 9.27. The predicted octanol–water partition coefficient (Wildman–Crippen LogP) is 6.80. The highest BCUT2D eigenvalue weighted by Crippen LogP contribution is 2.43. The first kappa shape index (κ1) is 20.7. The van der Waals surface area contributed by atoms with Crippen molar-refractivity contribution in [2.24, 2.45) is 0 Å². The van der Waals surface area contributed by atoms with Gasteiger partial charge in [-0.25, -0.2) is 9.97 Å². The molecule has 0 saturated heterocycles. The van der Waals surface area contributed by atoms with Gasteiger partial charge >= 0.3 is 0 Å². The van der Waals surface area contributed by atoms with Crippen LogP contribution in [-0.2, 0) is 0 Å². The Morgan fingerprint density at radius 3 is 1.72 bits per heavy atom. The van der Waals surface area contributed by atoms with Gasteiger partial charge in [-0.05, 0) is 35.1 Å². The van der Waals surface area contributed by atoms with Gasteiger partial charge in [0.05, 0.1) is 11.0 Å². The van der Waals surface area contributed by atoms with E-state index >= 15 is 0 Å². The molecule has 0 bridgehead atoms. The van der Waals surface area contributed by atoms with E-state index in [1.165, 1.54) is 0 Å². The summed E-state index contributed by atoms with van der Waals surface area (Å²) in [5.74, 6) is 0. The molecule has 0 aliphatic rings. The smallest absolute Gasteiger partial charge is 0.177 e. The molecule has 0 atom stereocenters. The summed E-state index contributed by atoms with van der Waals surface area (Å²) in [7, 11) is 0. The SMILES string of the molecule is C.Cc1ccc2c(-c3ccccc3)c(-c3ccccc3)c3nc(C#N)c(C#N)nc3c2c1. The minimum absolute atomic E-state index is 0. The second-order valence-corrected chi connectivity index (χ2v) is 7.37. The first-order chi connectivity index (χ1) is 15.2. The van der Waals surface area contributed by atoms with Gasteiger partial charge in [0, 0.05) is 10.9 Å². The van der Waals surface area contributed by atoms with E-state index in [1.807, 2.05) is 67.6 Å². The number of hydrogen-bond donors (Lipinski definition) is 0. The number of rotatable bonds is 2. The molecule has 0 unspecified atom stereocenters. The first-order valence-electron chi connectivity index (χ1n) is 9.90. The van der Waals surface area contributed by atoms with Crippen LogP contribution < -0.4 is 0 Å². The van der Waals surface area contributed by atoms with Gasteiger partial charge < -0.3 is 0 Å². The van der Waals surface area contributed by atoms with Crippen LogP contribution in [0, 0.1) is 29.6 Å². The molecule has 1 heterocycles. The van der Waals surface area contributed by atoms with Crippen molar-refractivity contribution >= 4 is 21.8 Å². The third kappa shape index (κ3) is 3.25. The minimum Gasteiger partial charge on any atom is -0.232 e. The molecule has 0 fully saturated rings. The highest BCUT2D eigenvalue weighted by Gasteiger charge is 2.21. The summed E-state index contributed by atoms with van der Waals surface area (Å²) >= 11 is 0. The number of nitriles is 2. The Kier molecular flexibility index (Phi) is 5.37. The Morgan fingerprint density at radius 1 is 0.625 bits per heavy atom. The zero-order valence-corrected chi connectivity index (χ0v) is 16.8. The van der Waals surface area contributed by atoms with E-state index in [-0.39, 0.29) is 18.8 Å². The summed E-state index contributed by atoms with van der Waals surface area (Å²) in [6.45, 7) is 2.03. The lowest BCUT2D eigenvalue weighted by Crippen LogP contribution is -2.00. The maximum Gasteiger partial charge on any atom is 0.177 e. The van der Waals surface area contributed by atoms with Crippen molar-refractivity contribution in [1.29, 1.82) is 10.5 Å². The van der Waals surface area contributed by atoms with Gasteiger partial charge in [-0.2, -0.15) is 10.5 Å². The number of fused-ring (bicyclic) bond motifs is 3. The Labute approximate surface area is 187 Å². The van der Waals surface area contributed by atoms with Crippen molar-refractivity contribution in [3.05, 3.63) is 95.8 Å². The zero-order chi connectivity index (χ0) is 21.4. The Bertz CT molecular complexity index is 1540. The summed E-state index contributed by atoms with van der Waals surface area (Å²) in [6, 6.07) is 30.5. The van der Waals surface area contributed by atoms with E-state index in [1.54, 1.807) is 0 Å². The second kappa shape index (κ2) is 8.30. The third-order valence-corrected chi connectivity index (χ3v) is 5.42. The third-order valence-electron chi connectivity index (χ3n) is 5.42. The van der Waals surface area contributed by atoms with Crippen LogP contribution in [0.3, 0.4) is 0 Å². The summed E-state index contributed by atoms with van der Waals surface area (Å²) in [5, 5.41) is 21.1. The van der Waals surface area contributed by atoms with Crippen molar-refractivity contribution in [2.75, 3.05) is 0 Å². The number of nitrogens with zero attached hydrogens (tertiary/aromatic N) is 4. The molecule has 0 N–H and O–H groups in total. The van der Waals surface area contributed by atoms with Gasteiger partial charge in [-0.3, -0.25) is 0 Å². The highest BCUT2D eigenvalue weighted by molar-refractivity contribution is 6.19. The molecular formula is C28H20N4. The standard InChI is InChI=1S/C27H16N4.CH4/c1-17-12-13-20-21(14-17)26-27(31-23(16-29)22(15-28)30-26)25(19-10-6-3-7-11-19)24(20)18-8-4-2-5-9-18;/h2-14H,1H3;1H4. The maximum absolute atomic E-state index is 9.61. The molecular weight excluding hydrogens is 392 g/mol. The quantitative estimate of drug-likeness (QED) is 0.299. The molecule has 5 aromatic rings. The van der Waals surface area contributed by atoms with Crippen LogP contribution in [0.15, 0.2) is 78.9 Å². The van der Waals surface area contributed by atoms with Gasteiger partial charge in [0.1, 0.15) is 12.1 Å². The van der Waals surface area contributed by atoms with Gasteiger partial charge in [0.15, 0.2) is 11.4 Å². The van der Waals surface area contributed by atoms with Crippen molar-refractivity contribution in [3.8, 4) is 34.4 Å². The van der Waals surface area contributed by atoms with E-state index in [2.05, 4.69) is 40.3 Å². The number of aromatic nitrogens is 2.